The Bertz CT molecular complexity index is 943. The van der Waals surface area contributed by atoms with Crippen molar-refractivity contribution in [2.45, 2.75) is 24.5 Å². The molecule has 1 amide bonds. The first kappa shape index (κ1) is 18.5. The van der Waals surface area contributed by atoms with Crippen molar-refractivity contribution in [1.29, 1.82) is 0 Å². The number of hydrogen-bond acceptors (Lipinski definition) is 4. The molecule has 0 saturated carbocycles. The van der Waals surface area contributed by atoms with Crippen molar-refractivity contribution in [3.63, 3.8) is 0 Å². The molecule has 0 aliphatic heterocycles. The van der Waals surface area contributed by atoms with E-state index >= 15 is 0 Å². The van der Waals surface area contributed by atoms with Crippen LogP contribution in [-0.2, 0) is 10.5 Å². The molecule has 134 valence electrons. The molecular formula is C19H16F2N2OS2. The monoisotopic (exact) mass is 390 g/mol. The Kier molecular flexibility index (Phi) is 5.68. The molecule has 2 aromatic carbocycles. The maximum absolute atomic E-state index is 13.3. The van der Waals surface area contributed by atoms with Crippen LogP contribution in [0.15, 0.2) is 52.7 Å². The van der Waals surface area contributed by atoms with Gasteiger partial charge in [0.1, 0.15) is 0 Å². The molecule has 0 atom stereocenters. The highest BCUT2D eigenvalue weighted by molar-refractivity contribution is 7.98. The minimum absolute atomic E-state index is 0.121. The second kappa shape index (κ2) is 7.97. The van der Waals surface area contributed by atoms with Crippen LogP contribution in [0.2, 0.25) is 0 Å². The first-order valence-electron chi connectivity index (χ1n) is 7.83. The number of thioether (sulfide) groups is 1. The van der Waals surface area contributed by atoms with Crippen LogP contribution in [0.1, 0.15) is 18.2 Å². The van der Waals surface area contributed by atoms with Gasteiger partial charge in [-0.25, -0.2) is 13.8 Å². The van der Waals surface area contributed by atoms with Crippen molar-refractivity contribution in [1.82, 2.24) is 4.98 Å². The van der Waals surface area contributed by atoms with Gasteiger partial charge < -0.3 is 0 Å². The number of aromatic nitrogens is 1. The molecule has 3 rings (SSSR count). The van der Waals surface area contributed by atoms with E-state index in [-0.39, 0.29) is 5.91 Å². The van der Waals surface area contributed by atoms with Crippen molar-refractivity contribution in [3.8, 4) is 0 Å². The van der Waals surface area contributed by atoms with Gasteiger partial charge in [0.15, 0.2) is 16.8 Å². The Hall–Kier alpha value is -2.25. The van der Waals surface area contributed by atoms with Crippen LogP contribution < -0.4 is 4.90 Å². The first-order chi connectivity index (χ1) is 12.4. The van der Waals surface area contributed by atoms with Gasteiger partial charge in [-0.15, -0.1) is 23.1 Å². The van der Waals surface area contributed by atoms with Gasteiger partial charge in [0.25, 0.3) is 0 Å². The van der Waals surface area contributed by atoms with Crippen LogP contribution >= 0.6 is 23.1 Å². The van der Waals surface area contributed by atoms with Gasteiger partial charge in [-0.2, -0.15) is 0 Å². The van der Waals surface area contributed by atoms with Gasteiger partial charge in [0, 0.05) is 23.0 Å². The molecule has 0 fully saturated rings. The van der Waals surface area contributed by atoms with Crippen molar-refractivity contribution >= 4 is 39.8 Å². The summed E-state index contributed by atoms with van der Waals surface area (Å²) in [5, 5.41) is 2.46. The number of carbonyl (C=O) groups excluding carboxylic acids is 1. The molecule has 1 heterocycles. The predicted molar refractivity (Wildman–Crippen MR) is 102 cm³/mol. The van der Waals surface area contributed by atoms with E-state index < -0.39 is 11.6 Å². The topological polar surface area (TPSA) is 33.2 Å². The SMILES string of the molecule is CC(=O)N(c1cccc(C)c1)c1nc(CSc2ccc(F)c(F)c2)cs1. The second-order valence-corrected chi connectivity index (χ2v) is 7.56. The number of hydrogen-bond donors (Lipinski definition) is 0. The van der Waals surface area contributed by atoms with Crippen LogP contribution in [0.5, 0.6) is 0 Å². The molecule has 26 heavy (non-hydrogen) atoms. The lowest BCUT2D eigenvalue weighted by molar-refractivity contribution is -0.115. The Balaban J connectivity index is 1.77. The lowest BCUT2D eigenvalue weighted by atomic mass is 10.2. The zero-order valence-corrected chi connectivity index (χ0v) is 15.8. The van der Waals surface area contributed by atoms with Crippen molar-refractivity contribution in [3.05, 3.63) is 70.7 Å². The molecule has 0 aliphatic rings. The van der Waals surface area contributed by atoms with E-state index in [1.807, 2.05) is 36.6 Å². The summed E-state index contributed by atoms with van der Waals surface area (Å²) >= 11 is 2.74. The number of carbonyl (C=O) groups is 1. The summed E-state index contributed by atoms with van der Waals surface area (Å²) in [5.41, 5.74) is 2.60. The maximum atomic E-state index is 13.3. The van der Waals surface area contributed by atoms with E-state index in [0.717, 1.165) is 23.0 Å². The predicted octanol–water partition coefficient (Wildman–Crippen LogP) is 5.71. The normalized spacial score (nSPS) is 10.8. The maximum Gasteiger partial charge on any atom is 0.230 e. The highest BCUT2D eigenvalue weighted by atomic mass is 32.2. The van der Waals surface area contributed by atoms with E-state index in [9.17, 15) is 13.6 Å². The van der Waals surface area contributed by atoms with E-state index in [0.29, 0.717) is 15.8 Å². The summed E-state index contributed by atoms with van der Waals surface area (Å²) in [5.74, 6) is -1.34. The van der Waals surface area contributed by atoms with Gasteiger partial charge in [0.2, 0.25) is 5.91 Å². The Labute approximate surface area is 158 Å². The minimum atomic E-state index is -0.865. The molecule has 1 aromatic heterocycles. The lowest BCUT2D eigenvalue weighted by Crippen LogP contribution is -2.22. The van der Waals surface area contributed by atoms with Crippen LogP contribution in [-0.4, -0.2) is 10.9 Å². The molecule has 0 saturated heterocycles. The van der Waals surface area contributed by atoms with Gasteiger partial charge in [-0.1, -0.05) is 12.1 Å². The smallest absolute Gasteiger partial charge is 0.230 e. The molecule has 0 radical (unpaired) electrons. The highest BCUT2D eigenvalue weighted by Gasteiger charge is 2.18. The summed E-state index contributed by atoms with van der Waals surface area (Å²) in [6.45, 7) is 3.47. The molecule has 0 unspecified atom stereocenters. The van der Waals surface area contributed by atoms with E-state index in [4.69, 9.17) is 0 Å². The third-order valence-electron chi connectivity index (χ3n) is 3.58. The molecule has 0 bridgehead atoms. The van der Waals surface area contributed by atoms with E-state index in [2.05, 4.69) is 4.98 Å². The summed E-state index contributed by atoms with van der Waals surface area (Å²) in [7, 11) is 0. The van der Waals surface area contributed by atoms with Crippen molar-refractivity contribution in [2.75, 3.05) is 4.90 Å². The van der Waals surface area contributed by atoms with Gasteiger partial charge >= 0.3 is 0 Å². The fourth-order valence-corrected chi connectivity index (χ4v) is 4.19. The molecule has 3 nitrogen and oxygen atoms in total. The average molecular weight is 390 g/mol. The first-order valence-corrected chi connectivity index (χ1v) is 9.70. The molecular weight excluding hydrogens is 374 g/mol. The number of aryl methyl sites for hydroxylation is 1. The van der Waals surface area contributed by atoms with Crippen LogP contribution in [0.4, 0.5) is 19.6 Å². The summed E-state index contributed by atoms with van der Waals surface area (Å²) in [6, 6.07) is 11.5. The Morgan fingerprint density at radius 1 is 1.19 bits per heavy atom. The quantitative estimate of drug-likeness (QED) is 0.524. The lowest BCUT2D eigenvalue weighted by Gasteiger charge is -2.18. The fraction of sp³-hybridized carbons (Fsp3) is 0.158. The van der Waals surface area contributed by atoms with E-state index in [1.165, 1.54) is 42.2 Å². The standard InChI is InChI=1S/C19H16F2N2OS2/c1-12-4-3-5-15(8-12)23(13(2)24)19-22-14(11-26-19)10-25-16-6-7-17(20)18(21)9-16/h3-9,11H,10H2,1-2H3. The summed E-state index contributed by atoms with van der Waals surface area (Å²) < 4.78 is 26.3. The van der Waals surface area contributed by atoms with Crippen LogP contribution in [0.25, 0.3) is 0 Å². The average Bonchev–Trinajstić information content (AvgIpc) is 3.04. The summed E-state index contributed by atoms with van der Waals surface area (Å²) in [6.07, 6.45) is 0. The highest BCUT2D eigenvalue weighted by Crippen LogP contribution is 2.31. The van der Waals surface area contributed by atoms with Gasteiger partial charge in [-0.05, 0) is 42.8 Å². The Morgan fingerprint density at radius 3 is 2.69 bits per heavy atom. The van der Waals surface area contributed by atoms with Crippen molar-refractivity contribution in [2.24, 2.45) is 0 Å². The molecule has 7 heteroatoms. The third kappa shape index (κ3) is 4.28. The molecule has 0 spiro atoms. The summed E-state index contributed by atoms with van der Waals surface area (Å²) in [4.78, 5) is 18.9. The number of thiazole rings is 1. The number of anilines is 2. The van der Waals surface area contributed by atoms with Crippen molar-refractivity contribution < 1.29 is 13.6 Å². The second-order valence-electron chi connectivity index (χ2n) is 5.68. The van der Waals surface area contributed by atoms with Crippen LogP contribution in [0, 0.1) is 18.6 Å². The number of nitrogens with zero attached hydrogens (tertiary/aromatic N) is 2. The molecule has 3 aromatic rings. The van der Waals surface area contributed by atoms with Gasteiger partial charge in [0.05, 0.1) is 11.4 Å². The zero-order chi connectivity index (χ0) is 18.7. The van der Waals surface area contributed by atoms with Gasteiger partial charge in [-0.3, -0.25) is 9.69 Å². The number of amides is 1. The number of benzene rings is 2. The molecule has 0 aliphatic carbocycles. The number of halogens is 2. The largest absolute Gasteiger partial charge is 0.274 e. The van der Waals surface area contributed by atoms with E-state index in [1.54, 1.807) is 4.90 Å². The fourth-order valence-electron chi connectivity index (χ4n) is 2.38. The Morgan fingerprint density at radius 2 is 2.00 bits per heavy atom. The van der Waals surface area contributed by atoms with Crippen LogP contribution in [0.3, 0.4) is 0 Å². The number of rotatable bonds is 5. The molecule has 0 N–H and O–H groups in total. The minimum Gasteiger partial charge on any atom is -0.274 e. The zero-order valence-electron chi connectivity index (χ0n) is 14.2. The third-order valence-corrected chi connectivity index (χ3v) is 5.49.